The predicted octanol–water partition coefficient (Wildman–Crippen LogP) is 3.10. The minimum Gasteiger partial charge on any atom is -0.496 e. The average Bonchev–Trinajstić information content (AvgIpc) is 2.34. The molecule has 0 atom stereocenters. The van der Waals surface area contributed by atoms with Crippen molar-refractivity contribution >= 4 is 28.1 Å². The van der Waals surface area contributed by atoms with E-state index in [0.29, 0.717) is 16.8 Å². The molecule has 0 unspecified atom stereocenters. The molecule has 0 aliphatic carbocycles. The van der Waals surface area contributed by atoms with E-state index in [1.165, 1.54) is 0 Å². The molecule has 100 valence electrons. The van der Waals surface area contributed by atoms with Crippen molar-refractivity contribution in [2.45, 2.75) is 13.3 Å². The Labute approximate surface area is 124 Å². The molecule has 1 aromatic heterocycles. The SMILES string of the molecule is COc1ccc(Br)cc1Cc1c(C)[nH]c(=S)[nH]c1=O. The van der Waals surface area contributed by atoms with E-state index in [9.17, 15) is 4.79 Å². The first kappa shape index (κ1) is 14.0. The quantitative estimate of drug-likeness (QED) is 0.844. The Morgan fingerprint density at radius 3 is 2.74 bits per heavy atom. The molecule has 0 bridgehead atoms. The highest BCUT2D eigenvalue weighted by Crippen LogP contribution is 2.25. The summed E-state index contributed by atoms with van der Waals surface area (Å²) in [4.78, 5) is 17.5. The highest BCUT2D eigenvalue weighted by atomic mass is 79.9. The van der Waals surface area contributed by atoms with Gasteiger partial charge in [-0.2, -0.15) is 0 Å². The van der Waals surface area contributed by atoms with Crippen LogP contribution in [0.4, 0.5) is 0 Å². The number of hydrogen-bond acceptors (Lipinski definition) is 3. The predicted molar refractivity (Wildman–Crippen MR) is 80.5 cm³/mol. The van der Waals surface area contributed by atoms with E-state index < -0.39 is 0 Å². The summed E-state index contributed by atoms with van der Waals surface area (Å²) in [7, 11) is 1.61. The van der Waals surface area contributed by atoms with Gasteiger partial charge in [-0.3, -0.25) is 9.78 Å². The first-order valence-corrected chi connectivity index (χ1v) is 6.86. The molecule has 0 aliphatic heterocycles. The van der Waals surface area contributed by atoms with Crippen LogP contribution in [0.5, 0.6) is 5.75 Å². The molecule has 0 saturated carbocycles. The molecule has 2 aromatic rings. The fraction of sp³-hybridized carbons (Fsp3) is 0.231. The number of H-pyrrole nitrogens is 2. The Bertz CT molecular complexity index is 721. The van der Waals surface area contributed by atoms with Gasteiger partial charge in [-0.05, 0) is 42.9 Å². The largest absolute Gasteiger partial charge is 0.496 e. The third-order valence-electron chi connectivity index (χ3n) is 2.86. The molecule has 2 rings (SSSR count). The van der Waals surface area contributed by atoms with E-state index in [-0.39, 0.29) is 5.56 Å². The van der Waals surface area contributed by atoms with Crippen molar-refractivity contribution in [2.24, 2.45) is 0 Å². The van der Waals surface area contributed by atoms with Gasteiger partial charge in [0.25, 0.3) is 5.56 Å². The van der Waals surface area contributed by atoms with Gasteiger partial charge >= 0.3 is 0 Å². The van der Waals surface area contributed by atoms with Crippen LogP contribution in [0.1, 0.15) is 16.8 Å². The molecular weight excluding hydrogens is 328 g/mol. The fourth-order valence-corrected chi connectivity index (χ4v) is 2.57. The summed E-state index contributed by atoms with van der Waals surface area (Å²) in [6.45, 7) is 1.84. The number of aromatic amines is 2. The van der Waals surface area contributed by atoms with Crippen LogP contribution in [-0.2, 0) is 6.42 Å². The minimum atomic E-state index is -0.164. The third kappa shape index (κ3) is 3.13. The summed E-state index contributed by atoms with van der Waals surface area (Å²) in [5, 5.41) is 0. The molecule has 0 radical (unpaired) electrons. The first-order valence-electron chi connectivity index (χ1n) is 5.65. The smallest absolute Gasteiger partial charge is 0.255 e. The van der Waals surface area contributed by atoms with E-state index in [1.807, 2.05) is 25.1 Å². The lowest BCUT2D eigenvalue weighted by molar-refractivity contribution is 0.410. The number of halogens is 1. The zero-order valence-electron chi connectivity index (χ0n) is 10.5. The Balaban J connectivity index is 2.50. The van der Waals surface area contributed by atoms with Gasteiger partial charge < -0.3 is 9.72 Å². The maximum absolute atomic E-state index is 12.0. The van der Waals surface area contributed by atoms with Gasteiger partial charge in [0.15, 0.2) is 4.77 Å². The second kappa shape index (κ2) is 5.71. The molecule has 0 aliphatic rings. The summed E-state index contributed by atoms with van der Waals surface area (Å²) in [6.07, 6.45) is 0.482. The first-order chi connectivity index (χ1) is 9.01. The molecule has 0 fully saturated rings. The molecular formula is C13H13BrN2O2S. The summed E-state index contributed by atoms with van der Waals surface area (Å²) in [5.74, 6) is 0.754. The van der Waals surface area contributed by atoms with Gasteiger partial charge in [0.05, 0.1) is 7.11 Å². The number of ether oxygens (including phenoxy) is 1. The molecule has 0 saturated heterocycles. The number of aromatic nitrogens is 2. The van der Waals surface area contributed by atoms with E-state index >= 15 is 0 Å². The average molecular weight is 341 g/mol. The number of rotatable bonds is 3. The van der Waals surface area contributed by atoms with Crippen molar-refractivity contribution in [2.75, 3.05) is 7.11 Å². The number of hydrogen-bond donors (Lipinski definition) is 2. The normalized spacial score (nSPS) is 10.5. The van der Waals surface area contributed by atoms with E-state index in [1.54, 1.807) is 7.11 Å². The molecule has 1 heterocycles. The Morgan fingerprint density at radius 2 is 2.11 bits per heavy atom. The number of aryl methyl sites for hydroxylation is 1. The third-order valence-corrected chi connectivity index (χ3v) is 3.56. The van der Waals surface area contributed by atoms with Crippen LogP contribution < -0.4 is 10.3 Å². The summed E-state index contributed by atoms with van der Waals surface area (Å²) in [5.41, 5.74) is 2.21. The van der Waals surface area contributed by atoms with Gasteiger partial charge in [-0.25, -0.2) is 0 Å². The van der Waals surface area contributed by atoms with Crippen LogP contribution in [0.2, 0.25) is 0 Å². The monoisotopic (exact) mass is 340 g/mol. The standard InChI is InChI=1S/C13H13BrN2O2S/c1-7-10(12(17)16-13(19)15-7)6-8-5-9(14)3-4-11(8)18-2/h3-5H,6H2,1-2H3,(H2,15,16,17,19). The van der Waals surface area contributed by atoms with E-state index in [4.69, 9.17) is 17.0 Å². The van der Waals surface area contributed by atoms with Crippen molar-refractivity contribution < 1.29 is 4.74 Å². The van der Waals surface area contributed by atoms with Crippen LogP contribution >= 0.6 is 28.1 Å². The van der Waals surface area contributed by atoms with Crippen LogP contribution in [-0.4, -0.2) is 17.1 Å². The number of benzene rings is 1. The maximum atomic E-state index is 12.0. The van der Waals surface area contributed by atoms with Gasteiger partial charge in [0.1, 0.15) is 5.75 Å². The van der Waals surface area contributed by atoms with Crippen LogP contribution in [0.25, 0.3) is 0 Å². The van der Waals surface area contributed by atoms with Crippen LogP contribution in [0.15, 0.2) is 27.5 Å². The maximum Gasteiger partial charge on any atom is 0.255 e. The van der Waals surface area contributed by atoms with E-state index in [0.717, 1.165) is 21.5 Å². The topological polar surface area (TPSA) is 57.9 Å². The zero-order chi connectivity index (χ0) is 14.0. The summed E-state index contributed by atoms with van der Waals surface area (Å²) >= 11 is 8.36. The van der Waals surface area contributed by atoms with Crippen LogP contribution in [0.3, 0.4) is 0 Å². The van der Waals surface area contributed by atoms with Gasteiger partial charge in [0, 0.05) is 22.2 Å². The molecule has 0 amide bonds. The highest BCUT2D eigenvalue weighted by Gasteiger charge is 2.10. The summed E-state index contributed by atoms with van der Waals surface area (Å²) in [6, 6.07) is 5.71. The Morgan fingerprint density at radius 1 is 1.37 bits per heavy atom. The summed E-state index contributed by atoms with van der Waals surface area (Å²) < 4.78 is 6.60. The van der Waals surface area contributed by atoms with Crippen molar-refractivity contribution in [1.82, 2.24) is 9.97 Å². The van der Waals surface area contributed by atoms with Crippen molar-refractivity contribution in [1.29, 1.82) is 0 Å². The Kier molecular flexibility index (Phi) is 4.21. The Hall–Kier alpha value is -1.40. The lowest BCUT2D eigenvalue weighted by Gasteiger charge is -2.10. The van der Waals surface area contributed by atoms with Gasteiger partial charge in [0.2, 0.25) is 0 Å². The molecule has 1 aromatic carbocycles. The van der Waals surface area contributed by atoms with E-state index in [2.05, 4.69) is 25.9 Å². The van der Waals surface area contributed by atoms with Crippen molar-refractivity contribution in [3.05, 3.63) is 54.6 Å². The van der Waals surface area contributed by atoms with Gasteiger partial charge in [-0.1, -0.05) is 15.9 Å². The molecule has 6 heteroatoms. The van der Waals surface area contributed by atoms with Gasteiger partial charge in [-0.15, -0.1) is 0 Å². The molecule has 4 nitrogen and oxygen atoms in total. The number of nitrogens with one attached hydrogen (secondary N) is 2. The molecule has 19 heavy (non-hydrogen) atoms. The molecule has 2 N–H and O–H groups in total. The minimum absolute atomic E-state index is 0.164. The second-order valence-electron chi connectivity index (χ2n) is 4.14. The lowest BCUT2D eigenvalue weighted by atomic mass is 10.0. The highest BCUT2D eigenvalue weighted by molar-refractivity contribution is 9.10. The lowest BCUT2D eigenvalue weighted by Crippen LogP contribution is -2.17. The van der Waals surface area contributed by atoms with Crippen molar-refractivity contribution in [3.63, 3.8) is 0 Å². The molecule has 0 spiro atoms. The van der Waals surface area contributed by atoms with Crippen LogP contribution in [0, 0.1) is 11.7 Å². The zero-order valence-corrected chi connectivity index (χ0v) is 12.9. The number of methoxy groups -OCH3 is 1. The second-order valence-corrected chi connectivity index (χ2v) is 5.47. The fourth-order valence-electron chi connectivity index (χ4n) is 1.91. The van der Waals surface area contributed by atoms with Crippen molar-refractivity contribution in [3.8, 4) is 5.75 Å².